The van der Waals surface area contributed by atoms with Crippen molar-refractivity contribution in [2.24, 2.45) is 0 Å². The summed E-state index contributed by atoms with van der Waals surface area (Å²) in [7, 11) is 1.26. The highest BCUT2D eigenvalue weighted by Gasteiger charge is 2.08. The number of methoxy groups -OCH3 is 1. The van der Waals surface area contributed by atoms with Crippen LogP contribution in [0.15, 0.2) is 42.5 Å². The molecule has 2 aromatic carbocycles. The van der Waals surface area contributed by atoms with Crippen LogP contribution in [0.4, 0.5) is 0 Å². The Labute approximate surface area is 111 Å². The molecule has 2 rings (SSSR count). The van der Waals surface area contributed by atoms with Crippen LogP contribution in [0, 0.1) is 0 Å². The molecule has 19 heavy (non-hydrogen) atoms. The molecular weight excluding hydrogens is 242 g/mol. The second-order valence-electron chi connectivity index (χ2n) is 4.21. The van der Waals surface area contributed by atoms with Gasteiger partial charge in [-0.2, -0.15) is 0 Å². The first-order valence-corrected chi connectivity index (χ1v) is 6.00. The molecule has 0 radical (unpaired) electrons. The van der Waals surface area contributed by atoms with Gasteiger partial charge in [0.1, 0.15) is 6.42 Å². The van der Waals surface area contributed by atoms with Crippen molar-refractivity contribution in [3.05, 3.63) is 48.0 Å². The zero-order valence-electron chi connectivity index (χ0n) is 10.7. The van der Waals surface area contributed by atoms with Crippen LogP contribution >= 0.6 is 0 Å². The summed E-state index contributed by atoms with van der Waals surface area (Å²) in [6.07, 6.45) is -0.246. The summed E-state index contributed by atoms with van der Waals surface area (Å²) in [5.41, 5.74) is 0.997. The first kappa shape index (κ1) is 13.1. The van der Waals surface area contributed by atoms with Crippen LogP contribution in [-0.2, 0) is 20.9 Å². The number of fused-ring (bicyclic) bond motifs is 1. The molecule has 98 valence electrons. The van der Waals surface area contributed by atoms with Gasteiger partial charge >= 0.3 is 5.97 Å². The maximum Gasteiger partial charge on any atom is 0.315 e. The Morgan fingerprint density at radius 3 is 2.58 bits per heavy atom. The van der Waals surface area contributed by atoms with Gasteiger partial charge in [0.05, 0.1) is 7.11 Å². The SMILES string of the molecule is COC(=O)CC(=O)NCc1ccc2ccccc2c1. The molecule has 4 heteroatoms. The van der Waals surface area contributed by atoms with Gasteiger partial charge in [-0.25, -0.2) is 0 Å². The van der Waals surface area contributed by atoms with Crippen LogP contribution in [0.2, 0.25) is 0 Å². The summed E-state index contributed by atoms with van der Waals surface area (Å²) in [4.78, 5) is 22.4. The van der Waals surface area contributed by atoms with Crippen molar-refractivity contribution in [3.63, 3.8) is 0 Å². The number of hydrogen-bond donors (Lipinski definition) is 1. The summed E-state index contributed by atoms with van der Waals surface area (Å²) in [6, 6.07) is 14.0. The number of carbonyl (C=O) groups excluding carboxylic acids is 2. The fraction of sp³-hybridized carbons (Fsp3) is 0.200. The van der Waals surface area contributed by atoms with E-state index in [9.17, 15) is 9.59 Å². The second-order valence-corrected chi connectivity index (χ2v) is 4.21. The lowest BCUT2D eigenvalue weighted by molar-refractivity contribution is -0.143. The molecule has 1 amide bonds. The van der Waals surface area contributed by atoms with E-state index in [1.807, 2.05) is 42.5 Å². The largest absolute Gasteiger partial charge is 0.469 e. The number of rotatable bonds is 4. The van der Waals surface area contributed by atoms with Crippen LogP contribution in [0.25, 0.3) is 10.8 Å². The number of benzene rings is 2. The molecule has 0 atom stereocenters. The normalized spacial score (nSPS) is 10.2. The quantitative estimate of drug-likeness (QED) is 0.673. The van der Waals surface area contributed by atoms with Crippen molar-refractivity contribution in [2.45, 2.75) is 13.0 Å². The van der Waals surface area contributed by atoms with Gasteiger partial charge in [0, 0.05) is 6.54 Å². The average Bonchev–Trinajstić information content (AvgIpc) is 2.44. The Morgan fingerprint density at radius 2 is 1.84 bits per heavy atom. The van der Waals surface area contributed by atoms with Gasteiger partial charge in [-0.05, 0) is 22.4 Å². The van der Waals surface area contributed by atoms with Crippen LogP contribution < -0.4 is 5.32 Å². The van der Waals surface area contributed by atoms with Crippen LogP contribution in [-0.4, -0.2) is 19.0 Å². The average molecular weight is 257 g/mol. The van der Waals surface area contributed by atoms with Crippen LogP contribution in [0.3, 0.4) is 0 Å². The highest BCUT2D eigenvalue weighted by Crippen LogP contribution is 2.15. The molecule has 0 aliphatic rings. The maximum absolute atomic E-state index is 11.4. The minimum Gasteiger partial charge on any atom is -0.469 e. The zero-order chi connectivity index (χ0) is 13.7. The van der Waals surface area contributed by atoms with Gasteiger partial charge in [0.25, 0.3) is 0 Å². The van der Waals surface area contributed by atoms with Crippen molar-refractivity contribution in [1.82, 2.24) is 5.32 Å². The van der Waals surface area contributed by atoms with E-state index < -0.39 is 5.97 Å². The van der Waals surface area contributed by atoms with Crippen molar-refractivity contribution >= 4 is 22.6 Å². The van der Waals surface area contributed by atoms with E-state index in [2.05, 4.69) is 10.1 Å². The van der Waals surface area contributed by atoms with Gasteiger partial charge in [-0.1, -0.05) is 36.4 Å². The highest BCUT2D eigenvalue weighted by atomic mass is 16.5. The van der Waals surface area contributed by atoms with E-state index in [-0.39, 0.29) is 12.3 Å². The van der Waals surface area contributed by atoms with E-state index in [4.69, 9.17) is 0 Å². The summed E-state index contributed by atoms with van der Waals surface area (Å²) in [5, 5.41) is 4.98. The molecule has 0 bridgehead atoms. The molecule has 0 aliphatic carbocycles. The fourth-order valence-corrected chi connectivity index (χ4v) is 1.82. The standard InChI is InChI=1S/C15H15NO3/c1-19-15(18)9-14(17)16-10-11-6-7-12-4-2-3-5-13(12)8-11/h2-8H,9-10H2,1H3,(H,16,17). The van der Waals surface area contributed by atoms with Gasteiger partial charge in [-0.3, -0.25) is 9.59 Å². The smallest absolute Gasteiger partial charge is 0.315 e. The molecule has 2 aromatic rings. The van der Waals surface area contributed by atoms with E-state index in [1.165, 1.54) is 7.11 Å². The predicted molar refractivity (Wildman–Crippen MR) is 72.4 cm³/mol. The highest BCUT2D eigenvalue weighted by molar-refractivity contribution is 5.94. The van der Waals surface area contributed by atoms with Gasteiger partial charge < -0.3 is 10.1 Å². The monoisotopic (exact) mass is 257 g/mol. The van der Waals surface area contributed by atoms with Crippen LogP contribution in [0.1, 0.15) is 12.0 Å². The Morgan fingerprint density at radius 1 is 1.11 bits per heavy atom. The summed E-state index contributed by atoms with van der Waals surface area (Å²) in [6.45, 7) is 0.403. The van der Waals surface area contributed by atoms with E-state index in [0.717, 1.165) is 16.3 Å². The third-order valence-electron chi connectivity index (χ3n) is 2.84. The molecule has 0 saturated carbocycles. The molecular formula is C15H15NO3. The lowest BCUT2D eigenvalue weighted by Gasteiger charge is -2.06. The topological polar surface area (TPSA) is 55.4 Å². The first-order chi connectivity index (χ1) is 9.19. The molecule has 4 nitrogen and oxygen atoms in total. The first-order valence-electron chi connectivity index (χ1n) is 6.00. The number of esters is 1. The van der Waals surface area contributed by atoms with Crippen LogP contribution in [0.5, 0.6) is 0 Å². The van der Waals surface area contributed by atoms with E-state index in [1.54, 1.807) is 0 Å². The summed E-state index contributed by atoms with van der Waals surface area (Å²) >= 11 is 0. The lowest BCUT2D eigenvalue weighted by atomic mass is 10.1. The number of hydrogen-bond acceptors (Lipinski definition) is 3. The molecule has 0 aliphatic heterocycles. The number of ether oxygens (including phenoxy) is 1. The summed E-state index contributed by atoms with van der Waals surface area (Å²) < 4.78 is 4.43. The van der Waals surface area contributed by atoms with Crippen molar-refractivity contribution in [2.75, 3.05) is 7.11 Å². The van der Waals surface area contributed by atoms with Crippen molar-refractivity contribution in [3.8, 4) is 0 Å². The van der Waals surface area contributed by atoms with E-state index in [0.29, 0.717) is 6.54 Å². The molecule has 0 fully saturated rings. The minimum absolute atomic E-state index is 0.246. The van der Waals surface area contributed by atoms with Gasteiger partial charge in [-0.15, -0.1) is 0 Å². The van der Waals surface area contributed by atoms with E-state index >= 15 is 0 Å². The Kier molecular flexibility index (Phi) is 4.13. The maximum atomic E-state index is 11.4. The van der Waals surface area contributed by atoms with Gasteiger partial charge in [0.15, 0.2) is 0 Å². The molecule has 0 unspecified atom stereocenters. The molecule has 0 aromatic heterocycles. The van der Waals surface area contributed by atoms with Crippen molar-refractivity contribution < 1.29 is 14.3 Å². The lowest BCUT2D eigenvalue weighted by Crippen LogP contribution is -2.25. The van der Waals surface area contributed by atoms with Crippen molar-refractivity contribution in [1.29, 1.82) is 0 Å². The third kappa shape index (κ3) is 3.55. The predicted octanol–water partition coefficient (Wildman–Crippen LogP) is 2.02. The number of nitrogens with one attached hydrogen (secondary N) is 1. The molecule has 1 N–H and O–H groups in total. The minimum atomic E-state index is -0.531. The third-order valence-corrected chi connectivity index (χ3v) is 2.84. The van der Waals surface area contributed by atoms with Gasteiger partial charge in [0.2, 0.25) is 5.91 Å². The second kappa shape index (κ2) is 6.00. The molecule has 0 saturated heterocycles. The number of amides is 1. The Hall–Kier alpha value is -2.36. The Bertz CT molecular complexity index is 607. The summed E-state index contributed by atoms with van der Waals surface area (Å²) in [5.74, 6) is -0.865. The zero-order valence-corrected chi connectivity index (χ0v) is 10.7. The molecule has 0 heterocycles. The number of carbonyl (C=O) groups is 2. The Balaban J connectivity index is 1.98. The molecule has 0 spiro atoms. The fourth-order valence-electron chi connectivity index (χ4n) is 1.82.